The number of rotatable bonds is 6. The van der Waals surface area contributed by atoms with Gasteiger partial charge < -0.3 is 4.57 Å². The number of benzene rings is 5. The lowest BCUT2D eigenvalue weighted by Crippen LogP contribution is -1.97. The predicted molar refractivity (Wildman–Crippen MR) is 228 cm³/mol. The Labute approximate surface area is 322 Å². The maximum atomic E-state index is 5.00. The molecule has 0 bridgehead atoms. The van der Waals surface area contributed by atoms with Crippen molar-refractivity contribution in [1.82, 2.24) is 29.1 Å². The van der Waals surface area contributed by atoms with Crippen molar-refractivity contribution in [2.75, 3.05) is 0 Å². The summed E-state index contributed by atoms with van der Waals surface area (Å²) in [6, 6.07) is 61.8. The van der Waals surface area contributed by atoms with Gasteiger partial charge in [0.2, 0.25) is 0 Å². The van der Waals surface area contributed by atoms with E-state index in [9.17, 15) is 0 Å². The van der Waals surface area contributed by atoms with Crippen molar-refractivity contribution in [2.24, 2.45) is 0 Å². The van der Waals surface area contributed by atoms with Gasteiger partial charge in [0.1, 0.15) is 5.65 Å². The van der Waals surface area contributed by atoms with Crippen LogP contribution in [0.5, 0.6) is 0 Å². The Morgan fingerprint density at radius 1 is 0.304 bits per heavy atom. The molecular formula is C50H32N6. The van der Waals surface area contributed by atoms with Gasteiger partial charge in [-0.15, -0.1) is 0 Å². The Kier molecular flexibility index (Phi) is 7.38. The minimum atomic E-state index is 0.792. The van der Waals surface area contributed by atoms with Crippen molar-refractivity contribution in [3.8, 4) is 56.4 Å². The minimum absolute atomic E-state index is 0.792. The molecule has 56 heavy (non-hydrogen) atoms. The first kappa shape index (κ1) is 31.8. The van der Waals surface area contributed by atoms with E-state index in [1.54, 1.807) is 12.4 Å². The largest absolute Gasteiger partial charge is 0.309 e. The van der Waals surface area contributed by atoms with Gasteiger partial charge in [0.05, 0.1) is 39.3 Å². The lowest BCUT2D eigenvalue weighted by Gasteiger charge is -2.13. The topological polar surface area (TPSA) is 61.4 Å². The maximum Gasteiger partial charge on any atom is 0.145 e. The molecule has 262 valence electrons. The van der Waals surface area contributed by atoms with E-state index in [4.69, 9.17) is 9.97 Å². The molecule has 0 aliphatic heterocycles. The van der Waals surface area contributed by atoms with Gasteiger partial charge in [-0.05, 0) is 113 Å². The minimum Gasteiger partial charge on any atom is -0.309 e. The van der Waals surface area contributed by atoms with Gasteiger partial charge in [-0.3, -0.25) is 14.5 Å². The summed E-state index contributed by atoms with van der Waals surface area (Å²) >= 11 is 0. The van der Waals surface area contributed by atoms with Crippen LogP contribution in [0.3, 0.4) is 0 Å². The molecule has 11 aromatic rings. The summed E-state index contributed by atoms with van der Waals surface area (Å²) in [5.41, 5.74) is 14.1. The third kappa shape index (κ3) is 5.27. The molecule has 0 spiro atoms. The van der Waals surface area contributed by atoms with Gasteiger partial charge in [0, 0.05) is 51.5 Å². The number of para-hydroxylation sites is 2. The van der Waals surface area contributed by atoms with E-state index < -0.39 is 0 Å². The summed E-state index contributed by atoms with van der Waals surface area (Å²) in [5.74, 6) is 0. The monoisotopic (exact) mass is 716 g/mol. The Hall–Kier alpha value is -7.70. The average Bonchev–Trinajstić information content (AvgIpc) is 3.79. The summed E-state index contributed by atoms with van der Waals surface area (Å²) in [7, 11) is 0. The molecule has 0 radical (unpaired) electrons. The summed E-state index contributed by atoms with van der Waals surface area (Å²) in [4.78, 5) is 19.2. The van der Waals surface area contributed by atoms with Crippen LogP contribution in [-0.2, 0) is 0 Å². The quantitative estimate of drug-likeness (QED) is 0.172. The molecule has 0 saturated heterocycles. The van der Waals surface area contributed by atoms with E-state index in [0.29, 0.717) is 0 Å². The fourth-order valence-corrected chi connectivity index (χ4v) is 8.10. The molecule has 6 nitrogen and oxygen atoms in total. The molecule has 6 heteroatoms. The van der Waals surface area contributed by atoms with Gasteiger partial charge in [0.25, 0.3) is 0 Å². The standard InChI is InChI=1S/C50H32N6/c1-2-13-37(14-3-1)55-47-20-5-4-16-39(47)40-23-21-34(31-48(40)55)35-22-24-41-42-17-11-27-53-50(42)56(49(41)32-35)38-15-10-12-33(28-38)36-29-45(43-18-6-8-25-51-43)54-46(30-36)44-19-7-9-26-52-44/h1-32H. The molecule has 0 saturated carbocycles. The molecular weight excluding hydrogens is 685 g/mol. The van der Waals surface area contributed by atoms with Crippen LogP contribution in [0.2, 0.25) is 0 Å². The van der Waals surface area contributed by atoms with Crippen LogP contribution in [0.15, 0.2) is 195 Å². The van der Waals surface area contributed by atoms with Crippen LogP contribution in [0.1, 0.15) is 0 Å². The highest BCUT2D eigenvalue weighted by Gasteiger charge is 2.18. The van der Waals surface area contributed by atoms with Crippen LogP contribution >= 0.6 is 0 Å². The molecule has 0 aliphatic carbocycles. The van der Waals surface area contributed by atoms with E-state index in [0.717, 1.165) is 78.3 Å². The van der Waals surface area contributed by atoms with Crippen LogP contribution in [0.4, 0.5) is 0 Å². The second kappa shape index (κ2) is 13.0. The van der Waals surface area contributed by atoms with Crippen molar-refractivity contribution in [1.29, 1.82) is 0 Å². The summed E-state index contributed by atoms with van der Waals surface area (Å²) in [6.07, 6.45) is 5.48. The van der Waals surface area contributed by atoms with Gasteiger partial charge in [-0.1, -0.05) is 84.9 Å². The van der Waals surface area contributed by atoms with Gasteiger partial charge in [0.15, 0.2) is 0 Å². The van der Waals surface area contributed by atoms with E-state index in [-0.39, 0.29) is 0 Å². The third-order valence-electron chi connectivity index (χ3n) is 10.7. The predicted octanol–water partition coefficient (Wildman–Crippen LogP) is 12.1. The summed E-state index contributed by atoms with van der Waals surface area (Å²) in [5, 5.41) is 4.74. The maximum absolute atomic E-state index is 5.00. The number of hydrogen-bond acceptors (Lipinski definition) is 4. The van der Waals surface area contributed by atoms with E-state index in [1.807, 2.05) is 48.7 Å². The highest BCUT2D eigenvalue weighted by molar-refractivity contribution is 6.11. The Balaban J connectivity index is 1.08. The van der Waals surface area contributed by atoms with Crippen LogP contribution in [0, 0.1) is 0 Å². The Bertz CT molecular complexity index is 3180. The van der Waals surface area contributed by atoms with Crippen molar-refractivity contribution >= 4 is 43.7 Å². The first-order chi connectivity index (χ1) is 27.8. The highest BCUT2D eigenvalue weighted by Crippen LogP contribution is 2.38. The van der Waals surface area contributed by atoms with Crippen molar-refractivity contribution in [3.63, 3.8) is 0 Å². The SMILES string of the molecule is c1ccc(-n2c3ccccc3c3ccc(-c4ccc5c6cccnc6n(-c6cccc(-c7cc(-c8ccccn8)nc(-c8ccccn8)c7)c6)c5c4)cc32)cc1. The number of pyridine rings is 4. The fourth-order valence-electron chi connectivity index (χ4n) is 8.10. The Morgan fingerprint density at radius 2 is 0.875 bits per heavy atom. The average molecular weight is 717 g/mol. The molecule has 0 aliphatic rings. The zero-order chi connectivity index (χ0) is 37.0. The first-order valence-electron chi connectivity index (χ1n) is 18.7. The zero-order valence-electron chi connectivity index (χ0n) is 30.2. The lowest BCUT2D eigenvalue weighted by atomic mass is 10.0. The molecule has 11 rings (SSSR count). The third-order valence-corrected chi connectivity index (χ3v) is 10.7. The smallest absolute Gasteiger partial charge is 0.145 e. The van der Waals surface area contributed by atoms with Crippen molar-refractivity contribution in [3.05, 3.63) is 195 Å². The molecule has 6 aromatic heterocycles. The summed E-state index contributed by atoms with van der Waals surface area (Å²) < 4.78 is 4.66. The van der Waals surface area contributed by atoms with Crippen molar-refractivity contribution < 1.29 is 0 Å². The molecule has 0 atom stereocenters. The van der Waals surface area contributed by atoms with Crippen LogP contribution < -0.4 is 0 Å². The second-order valence-electron chi connectivity index (χ2n) is 14.0. The number of fused-ring (bicyclic) bond motifs is 6. The molecule has 0 amide bonds. The van der Waals surface area contributed by atoms with Crippen molar-refractivity contribution in [2.45, 2.75) is 0 Å². The Morgan fingerprint density at radius 3 is 1.59 bits per heavy atom. The summed E-state index contributed by atoms with van der Waals surface area (Å²) in [6.45, 7) is 0. The second-order valence-corrected chi connectivity index (χ2v) is 14.0. The van der Waals surface area contributed by atoms with E-state index in [1.165, 1.54) is 21.8 Å². The molecule has 5 aromatic carbocycles. The van der Waals surface area contributed by atoms with Crippen LogP contribution in [-0.4, -0.2) is 29.1 Å². The molecule has 6 heterocycles. The first-order valence-corrected chi connectivity index (χ1v) is 18.7. The zero-order valence-corrected chi connectivity index (χ0v) is 30.2. The normalized spacial score (nSPS) is 11.6. The molecule has 0 N–H and O–H groups in total. The molecule has 0 unspecified atom stereocenters. The van der Waals surface area contributed by atoms with E-state index in [2.05, 4.69) is 153 Å². The number of aromatic nitrogens is 6. The number of nitrogens with zero attached hydrogens (tertiary/aromatic N) is 6. The van der Waals surface area contributed by atoms with Gasteiger partial charge >= 0.3 is 0 Å². The van der Waals surface area contributed by atoms with Gasteiger partial charge in [-0.2, -0.15) is 0 Å². The van der Waals surface area contributed by atoms with Crippen LogP contribution in [0.25, 0.3) is 100 Å². The van der Waals surface area contributed by atoms with E-state index >= 15 is 0 Å². The fraction of sp³-hybridized carbons (Fsp3) is 0. The molecule has 0 fully saturated rings. The lowest BCUT2D eigenvalue weighted by molar-refractivity contribution is 1.14. The number of hydrogen-bond donors (Lipinski definition) is 0. The highest BCUT2D eigenvalue weighted by atomic mass is 15.0. The van der Waals surface area contributed by atoms with Gasteiger partial charge in [-0.25, -0.2) is 9.97 Å².